The van der Waals surface area contributed by atoms with Gasteiger partial charge in [0, 0.05) is 48.0 Å². The Morgan fingerprint density at radius 2 is 1.92 bits per heavy atom. The summed E-state index contributed by atoms with van der Waals surface area (Å²) in [6.07, 6.45) is 2.61. The molecule has 198 valence electrons. The molecule has 0 spiro atoms. The Kier molecular flexibility index (Phi) is 7.30. The molecule has 8 nitrogen and oxygen atoms in total. The molecule has 4 N–H and O–H groups in total. The van der Waals surface area contributed by atoms with E-state index < -0.39 is 18.3 Å². The minimum Gasteiger partial charge on any atom is -0.392 e. The molecule has 0 unspecified atom stereocenters. The van der Waals surface area contributed by atoms with E-state index in [2.05, 4.69) is 50.1 Å². The van der Waals surface area contributed by atoms with Crippen LogP contribution in [-0.2, 0) is 32.3 Å². The third-order valence-electron chi connectivity index (χ3n) is 6.30. The minimum atomic E-state index is -4.56. The number of nitrogens with one attached hydrogen (secondary N) is 3. The van der Waals surface area contributed by atoms with Crippen LogP contribution in [0.15, 0.2) is 55.0 Å². The van der Waals surface area contributed by atoms with Crippen LogP contribution in [0, 0.1) is 0 Å². The van der Waals surface area contributed by atoms with Gasteiger partial charge in [-0.15, -0.1) is 0 Å². The molecule has 0 saturated heterocycles. The molecule has 2 aromatic heterocycles. The van der Waals surface area contributed by atoms with Crippen LogP contribution < -0.4 is 16.0 Å². The number of aromatic nitrogens is 4. The fraction of sp³-hybridized carbons (Fsp3) is 0.296. The molecule has 0 radical (unpaired) electrons. The molecule has 0 atom stereocenters. The van der Waals surface area contributed by atoms with E-state index in [0.717, 1.165) is 55.9 Å². The molecular formula is C27H28F3N7O. The van der Waals surface area contributed by atoms with E-state index >= 15 is 0 Å². The van der Waals surface area contributed by atoms with Crippen molar-refractivity contribution >= 4 is 23.1 Å². The molecule has 1 aliphatic rings. The molecule has 2 aromatic carbocycles. The van der Waals surface area contributed by atoms with Crippen LogP contribution in [0.1, 0.15) is 35.6 Å². The summed E-state index contributed by atoms with van der Waals surface area (Å²) in [7, 11) is 0. The van der Waals surface area contributed by atoms with Crippen LogP contribution in [0.2, 0.25) is 0 Å². The number of fused-ring (bicyclic) bond motifs is 1. The highest BCUT2D eigenvalue weighted by Gasteiger charge is 2.31. The SMILES string of the molecule is CCCn1cc(-c2cnc(Nc3cc(CO)cc(C(F)(F)F)c3)nc2Nc2ccc3c(c2)CNCC3)cn1. The Bertz CT molecular complexity index is 1430. The number of hydrogen-bond acceptors (Lipinski definition) is 7. The zero-order valence-corrected chi connectivity index (χ0v) is 20.8. The first-order valence-electron chi connectivity index (χ1n) is 12.4. The maximum Gasteiger partial charge on any atom is 0.416 e. The maximum atomic E-state index is 13.4. The minimum absolute atomic E-state index is 0.111. The van der Waals surface area contributed by atoms with Crippen LogP contribution in [0.3, 0.4) is 0 Å². The largest absolute Gasteiger partial charge is 0.416 e. The van der Waals surface area contributed by atoms with Gasteiger partial charge in [-0.2, -0.15) is 23.3 Å². The number of aryl methyl sites for hydroxylation is 1. The molecule has 0 saturated carbocycles. The Morgan fingerprint density at radius 1 is 1.05 bits per heavy atom. The summed E-state index contributed by atoms with van der Waals surface area (Å²) >= 11 is 0. The van der Waals surface area contributed by atoms with Gasteiger partial charge in [0.2, 0.25) is 5.95 Å². The molecule has 1 aliphatic heterocycles. The van der Waals surface area contributed by atoms with Crippen LogP contribution in [0.25, 0.3) is 11.1 Å². The number of anilines is 4. The molecule has 3 heterocycles. The number of benzene rings is 2. The highest BCUT2D eigenvalue weighted by molar-refractivity contribution is 5.78. The number of aliphatic hydroxyl groups excluding tert-OH is 1. The Balaban J connectivity index is 1.51. The van der Waals surface area contributed by atoms with E-state index in [4.69, 9.17) is 0 Å². The number of halogens is 3. The van der Waals surface area contributed by atoms with E-state index in [0.29, 0.717) is 11.4 Å². The molecular weight excluding hydrogens is 495 g/mol. The van der Waals surface area contributed by atoms with Gasteiger partial charge in [0.15, 0.2) is 0 Å². The summed E-state index contributed by atoms with van der Waals surface area (Å²) < 4.78 is 42.0. The lowest BCUT2D eigenvalue weighted by molar-refractivity contribution is -0.137. The Morgan fingerprint density at radius 3 is 2.71 bits per heavy atom. The second kappa shape index (κ2) is 10.8. The predicted molar refractivity (Wildman–Crippen MR) is 139 cm³/mol. The molecule has 0 fully saturated rings. The van der Waals surface area contributed by atoms with Gasteiger partial charge < -0.3 is 21.1 Å². The fourth-order valence-corrected chi connectivity index (χ4v) is 4.45. The number of rotatable bonds is 8. The van der Waals surface area contributed by atoms with Crippen molar-refractivity contribution in [2.45, 2.75) is 45.6 Å². The van der Waals surface area contributed by atoms with Gasteiger partial charge in [0.05, 0.1) is 18.4 Å². The van der Waals surface area contributed by atoms with Gasteiger partial charge in [0.1, 0.15) is 5.82 Å². The Hall–Kier alpha value is -3.96. The van der Waals surface area contributed by atoms with Crippen molar-refractivity contribution in [1.82, 2.24) is 25.1 Å². The first kappa shape index (κ1) is 25.7. The third kappa shape index (κ3) is 5.79. The predicted octanol–water partition coefficient (Wildman–Crippen LogP) is 5.39. The number of hydrogen-bond donors (Lipinski definition) is 4. The molecule has 0 aliphatic carbocycles. The molecule has 0 bridgehead atoms. The van der Waals surface area contributed by atoms with Gasteiger partial charge in [-0.05, 0) is 66.4 Å². The van der Waals surface area contributed by atoms with Crippen molar-refractivity contribution in [1.29, 1.82) is 0 Å². The number of aliphatic hydroxyl groups is 1. The van der Waals surface area contributed by atoms with Gasteiger partial charge in [-0.1, -0.05) is 13.0 Å². The molecule has 4 aromatic rings. The molecule has 38 heavy (non-hydrogen) atoms. The van der Waals surface area contributed by atoms with Crippen molar-refractivity contribution in [3.8, 4) is 11.1 Å². The van der Waals surface area contributed by atoms with Crippen molar-refractivity contribution in [3.63, 3.8) is 0 Å². The first-order valence-corrected chi connectivity index (χ1v) is 12.4. The Labute approximate surface area is 218 Å². The number of alkyl halides is 3. The van der Waals surface area contributed by atoms with Gasteiger partial charge in [-0.25, -0.2) is 4.98 Å². The highest BCUT2D eigenvalue weighted by Crippen LogP contribution is 2.34. The average Bonchev–Trinajstić information content (AvgIpc) is 3.36. The smallest absolute Gasteiger partial charge is 0.392 e. The summed E-state index contributed by atoms with van der Waals surface area (Å²) in [6, 6.07) is 9.48. The maximum absolute atomic E-state index is 13.4. The lowest BCUT2D eigenvalue weighted by Crippen LogP contribution is -2.23. The van der Waals surface area contributed by atoms with E-state index in [1.54, 1.807) is 12.4 Å². The van der Waals surface area contributed by atoms with Crippen LogP contribution >= 0.6 is 0 Å². The summed E-state index contributed by atoms with van der Waals surface area (Å²) in [4.78, 5) is 9.00. The highest BCUT2D eigenvalue weighted by atomic mass is 19.4. The van der Waals surface area contributed by atoms with Crippen molar-refractivity contribution < 1.29 is 18.3 Å². The van der Waals surface area contributed by atoms with Crippen molar-refractivity contribution in [2.24, 2.45) is 0 Å². The van der Waals surface area contributed by atoms with E-state index in [1.807, 2.05) is 16.9 Å². The average molecular weight is 524 g/mol. The normalized spacial score (nSPS) is 13.3. The van der Waals surface area contributed by atoms with E-state index in [9.17, 15) is 18.3 Å². The third-order valence-corrected chi connectivity index (χ3v) is 6.30. The molecule has 0 amide bonds. The number of nitrogens with zero attached hydrogens (tertiary/aromatic N) is 4. The van der Waals surface area contributed by atoms with Gasteiger partial charge in [0.25, 0.3) is 0 Å². The summed E-state index contributed by atoms with van der Waals surface area (Å²) in [6.45, 7) is 4.03. The zero-order valence-electron chi connectivity index (χ0n) is 20.8. The van der Waals surface area contributed by atoms with Gasteiger partial charge >= 0.3 is 6.18 Å². The molecule has 11 heteroatoms. The van der Waals surface area contributed by atoms with Crippen LogP contribution in [0.4, 0.5) is 36.3 Å². The topological polar surface area (TPSA) is 99.9 Å². The molecule has 5 rings (SSSR count). The second-order valence-electron chi connectivity index (χ2n) is 9.18. The summed E-state index contributed by atoms with van der Waals surface area (Å²) in [5.74, 6) is 0.594. The van der Waals surface area contributed by atoms with Crippen LogP contribution in [-0.4, -0.2) is 31.4 Å². The zero-order chi connectivity index (χ0) is 26.7. The quantitative estimate of drug-likeness (QED) is 0.246. The van der Waals surface area contributed by atoms with Gasteiger partial charge in [-0.3, -0.25) is 4.68 Å². The van der Waals surface area contributed by atoms with Crippen molar-refractivity contribution in [3.05, 3.63) is 77.2 Å². The lowest BCUT2D eigenvalue weighted by Gasteiger charge is -2.19. The van der Waals surface area contributed by atoms with Crippen molar-refractivity contribution in [2.75, 3.05) is 17.2 Å². The lowest BCUT2D eigenvalue weighted by atomic mass is 10.0. The van der Waals surface area contributed by atoms with Crippen LogP contribution in [0.5, 0.6) is 0 Å². The first-order chi connectivity index (χ1) is 18.3. The van der Waals surface area contributed by atoms with E-state index in [1.165, 1.54) is 17.2 Å². The monoisotopic (exact) mass is 523 g/mol. The summed E-state index contributed by atoms with van der Waals surface area (Å²) in [5, 5.41) is 23.5. The van der Waals surface area contributed by atoms with E-state index in [-0.39, 0.29) is 17.2 Å². The summed E-state index contributed by atoms with van der Waals surface area (Å²) in [5.41, 5.74) is 4.23. The second-order valence-corrected chi connectivity index (χ2v) is 9.18. The fourth-order valence-electron chi connectivity index (χ4n) is 4.45. The standard InChI is InChI=1S/C27H28F3N7O/c1-2-7-37-15-20(13-33-37)24-14-32-26(35-23-9-17(16-38)8-21(11-23)27(28,29)30)36-25(24)34-22-4-3-18-5-6-31-12-19(18)10-22/h3-4,8-11,13-15,31,38H,2,5-7,12,16H2,1H3,(H2,32,34,35,36).